The first kappa shape index (κ1) is 7.63. The maximum atomic E-state index is 4.54. The van der Waals surface area contributed by atoms with Crippen molar-refractivity contribution in [2.24, 2.45) is 0 Å². The Kier molecular flexibility index (Phi) is 6.32. The zero-order chi connectivity index (χ0) is 6.24. The Hall–Kier alpha value is -0.370. The van der Waals surface area contributed by atoms with E-state index in [1.807, 2.05) is 6.08 Å². The van der Waals surface area contributed by atoms with Gasteiger partial charge in [0.05, 0.1) is 5.49 Å². The monoisotopic (exact) mass is 129 g/mol. The van der Waals surface area contributed by atoms with Crippen molar-refractivity contribution >= 4 is 17.7 Å². The molecule has 0 radical (unpaired) electrons. The molecule has 0 spiro atoms. The summed E-state index contributed by atoms with van der Waals surface area (Å²) >= 11 is 4.54. The Morgan fingerprint density at radius 3 is 2.88 bits per heavy atom. The van der Waals surface area contributed by atoms with Crippen LogP contribution >= 0.6 is 12.2 Å². The molecule has 0 aromatic heterocycles. The van der Waals surface area contributed by atoms with Crippen molar-refractivity contribution in [1.82, 2.24) is 5.32 Å². The van der Waals surface area contributed by atoms with Crippen LogP contribution in [0.25, 0.3) is 0 Å². The van der Waals surface area contributed by atoms with Crippen molar-refractivity contribution in [2.45, 2.75) is 12.8 Å². The first-order valence-corrected chi connectivity index (χ1v) is 3.17. The van der Waals surface area contributed by atoms with Gasteiger partial charge in [-0.05, 0) is 12.8 Å². The van der Waals surface area contributed by atoms with Gasteiger partial charge in [0.25, 0.3) is 0 Å². The summed E-state index contributed by atoms with van der Waals surface area (Å²) in [7, 11) is 0. The Labute approximate surface area is 55.8 Å². The summed E-state index contributed by atoms with van der Waals surface area (Å²) in [5, 5.41) is 2.93. The van der Waals surface area contributed by atoms with E-state index >= 15 is 0 Å². The summed E-state index contributed by atoms with van der Waals surface area (Å²) in [5.74, 6) is 0. The predicted molar refractivity (Wildman–Crippen MR) is 41.1 cm³/mol. The van der Waals surface area contributed by atoms with Gasteiger partial charge in [-0.3, -0.25) is 0 Å². The highest BCUT2D eigenvalue weighted by atomic mass is 32.1. The van der Waals surface area contributed by atoms with Gasteiger partial charge >= 0.3 is 0 Å². The van der Waals surface area contributed by atoms with Crippen molar-refractivity contribution in [1.29, 1.82) is 0 Å². The molecule has 0 saturated heterocycles. The first-order chi connectivity index (χ1) is 3.91. The third kappa shape index (κ3) is 5.63. The van der Waals surface area contributed by atoms with Crippen LogP contribution in [-0.2, 0) is 0 Å². The van der Waals surface area contributed by atoms with Gasteiger partial charge in [-0.1, -0.05) is 18.3 Å². The normalized spacial score (nSPS) is 8.00. The molecule has 0 aliphatic carbocycles. The molecule has 1 nitrogen and oxygen atoms in total. The zero-order valence-electron chi connectivity index (χ0n) is 4.89. The molecule has 0 aromatic rings. The lowest BCUT2D eigenvalue weighted by atomic mass is 10.3. The van der Waals surface area contributed by atoms with Crippen LogP contribution in [0.3, 0.4) is 0 Å². The van der Waals surface area contributed by atoms with Crippen LogP contribution in [0.15, 0.2) is 12.7 Å². The Balaban J connectivity index is 2.71. The lowest BCUT2D eigenvalue weighted by Crippen LogP contribution is -2.09. The van der Waals surface area contributed by atoms with Crippen molar-refractivity contribution in [2.75, 3.05) is 6.54 Å². The van der Waals surface area contributed by atoms with Gasteiger partial charge in [-0.2, -0.15) is 0 Å². The average Bonchev–Trinajstić information content (AvgIpc) is 1.81. The number of rotatable bonds is 5. The summed E-state index contributed by atoms with van der Waals surface area (Å²) in [5.41, 5.74) is 1.54. The van der Waals surface area contributed by atoms with E-state index in [1.54, 1.807) is 5.49 Å². The van der Waals surface area contributed by atoms with E-state index in [2.05, 4.69) is 24.1 Å². The molecule has 1 N–H and O–H groups in total. The van der Waals surface area contributed by atoms with Crippen molar-refractivity contribution in [3.8, 4) is 0 Å². The van der Waals surface area contributed by atoms with E-state index in [-0.39, 0.29) is 0 Å². The Morgan fingerprint density at radius 1 is 1.62 bits per heavy atom. The maximum absolute atomic E-state index is 4.54. The molecule has 0 rings (SSSR count). The third-order valence-corrected chi connectivity index (χ3v) is 0.979. The molecule has 2 heteroatoms. The highest BCUT2D eigenvalue weighted by Gasteiger charge is 1.77. The van der Waals surface area contributed by atoms with Gasteiger partial charge in [0.15, 0.2) is 0 Å². The molecule has 8 heavy (non-hydrogen) atoms. The fourth-order valence-electron chi connectivity index (χ4n) is 0.407. The average molecular weight is 129 g/mol. The smallest absolute Gasteiger partial charge is 0.0614 e. The number of hydrogen-bond donors (Lipinski definition) is 1. The lowest BCUT2D eigenvalue weighted by molar-refractivity contribution is 0.802. The fourth-order valence-corrected chi connectivity index (χ4v) is 0.525. The van der Waals surface area contributed by atoms with E-state index in [9.17, 15) is 0 Å². The summed E-state index contributed by atoms with van der Waals surface area (Å²) in [4.78, 5) is 0. The Morgan fingerprint density at radius 2 is 2.38 bits per heavy atom. The second-order valence-corrected chi connectivity index (χ2v) is 1.74. The first-order valence-electron chi connectivity index (χ1n) is 2.69. The van der Waals surface area contributed by atoms with Crippen molar-refractivity contribution < 1.29 is 0 Å². The van der Waals surface area contributed by atoms with Crippen molar-refractivity contribution in [3.63, 3.8) is 0 Å². The summed E-state index contributed by atoms with van der Waals surface area (Å²) in [6.07, 6.45) is 4.10. The van der Waals surface area contributed by atoms with Gasteiger partial charge in [0.2, 0.25) is 0 Å². The van der Waals surface area contributed by atoms with Crippen LogP contribution in [0, 0.1) is 0 Å². The second kappa shape index (κ2) is 6.63. The maximum Gasteiger partial charge on any atom is 0.0614 e. The molecule has 0 heterocycles. The number of hydrogen-bond acceptors (Lipinski definition) is 1. The summed E-state index contributed by atoms with van der Waals surface area (Å²) in [6.45, 7) is 4.56. The van der Waals surface area contributed by atoms with E-state index in [0.717, 1.165) is 19.4 Å². The minimum absolute atomic E-state index is 0.968. The topological polar surface area (TPSA) is 12.0 Å². The molecular formula is C6H11NS. The van der Waals surface area contributed by atoms with Crippen LogP contribution in [0.1, 0.15) is 12.8 Å². The second-order valence-electron chi connectivity index (χ2n) is 1.50. The van der Waals surface area contributed by atoms with Crippen LogP contribution < -0.4 is 5.32 Å². The molecule has 0 aromatic carbocycles. The largest absolute Gasteiger partial charge is 0.382 e. The zero-order valence-corrected chi connectivity index (χ0v) is 5.71. The highest BCUT2D eigenvalue weighted by Crippen LogP contribution is 1.84. The molecule has 0 aliphatic rings. The van der Waals surface area contributed by atoms with Crippen LogP contribution in [0.2, 0.25) is 0 Å². The number of thiocarbonyl (C=S) groups is 1. The van der Waals surface area contributed by atoms with E-state index in [1.165, 1.54) is 0 Å². The standard InChI is InChI=1S/C6H11NS/c1-2-3-4-5-7-6-8/h2,6H,1,3-5H2,(H,7,8). The van der Waals surface area contributed by atoms with E-state index in [0.29, 0.717) is 0 Å². The van der Waals surface area contributed by atoms with Gasteiger partial charge < -0.3 is 5.32 Å². The quantitative estimate of drug-likeness (QED) is 0.343. The van der Waals surface area contributed by atoms with Crippen LogP contribution in [-0.4, -0.2) is 12.0 Å². The molecule has 0 atom stereocenters. The van der Waals surface area contributed by atoms with Gasteiger partial charge in [-0.25, -0.2) is 0 Å². The fraction of sp³-hybridized carbons (Fsp3) is 0.500. The molecule has 0 saturated carbocycles. The lowest BCUT2D eigenvalue weighted by Gasteiger charge is -1.93. The van der Waals surface area contributed by atoms with E-state index in [4.69, 9.17) is 0 Å². The third-order valence-electron chi connectivity index (χ3n) is 0.813. The molecule has 0 unspecified atom stereocenters. The molecule has 0 fully saturated rings. The molecule has 0 bridgehead atoms. The predicted octanol–water partition coefficient (Wildman–Crippen LogP) is 1.50. The number of nitrogens with one attached hydrogen (secondary N) is 1. The molecule has 0 aliphatic heterocycles. The van der Waals surface area contributed by atoms with Crippen LogP contribution in [0.4, 0.5) is 0 Å². The van der Waals surface area contributed by atoms with Crippen LogP contribution in [0.5, 0.6) is 0 Å². The van der Waals surface area contributed by atoms with Gasteiger partial charge in [0, 0.05) is 6.54 Å². The molecule has 0 amide bonds. The molecular weight excluding hydrogens is 118 g/mol. The molecule has 46 valence electrons. The van der Waals surface area contributed by atoms with Crippen molar-refractivity contribution in [3.05, 3.63) is 12.7 Å². The minimum Gasteiger partial charge on any atom is -0.382 e. The Bertz CT molecular complexity index is 60.9. The van der Waals surface area contributed by atoms with Gasteiger partial charge in [0.1, 0.15) is 0 Å². The number of allylic oxidation sites excluding steroid dienone is 1. The highest BCUT2D eigenvalue weighted by molar-refractivity contribution is 7.78. The summed E-state index contributed by atoms with van der Waals surface area (Å²) in [6, 6.07) is 0. The minimum atomic E-state index is 0.968. The SMILES string of the molecule is C=CCCCNC=S. The van der Waals surface area contributed by atoms with E-state index < -0.39 is 0 Å². The summed E-state index contributed by atoms with van der Waals surface area (Å²) < 4.78 is 0. The number of unbranched alkanes of at least 4 members (excludes halogenated alkanes) is 1. The van der Waals surface area contributed by atoms with Gasteiger partial charge in [-0.15, -0.1) is 6.58 Å².